The van der Waals surface area contributed by atoms with Crippen molar-refractivity contribution in [3.63, 3.8) is 0 Å². The van der Waals surface area contributed by atoms with Gasteiger partial charge < -0.3 is 4.74 Å². The van der Waals surface area contributed by atoms with Gasteiger partial charge in [0, 0.05) is 18.2 Å². The molecule has 2 aromatic rings. The van der Waals surface area contributed by atoms with Gasteiger partial charge in [-0.3, -0.25) is 0 Å². The summed E-state index contributed by atoms with van der Waals surface area (Å²) in [4.78, 5) is 6.81. The number of nitrogens with zero attached hydrogens (tertiary/aromatic N) is 2. The maximum atomic E-state index is 12.6. The van der Waals surface area contributed by atoms with Gasteiger partial charge in [0.05, 0.1) is 12.3 Å². The minimum Gasteiger partial charge on any atom is -0.493 e. The lowest BCUT2D eigenvalue weighted by Gasteiger charge is -2.07. The molecule has 0 N–H and O–H groups in total. The number of alkyl halides is 3. The van der Waals surface area contributed by atoms with Crippen LogP contribution >= 0.6 is 0 Å². The van der Waals surface area contributed by atoms with Crippen molar-refractivity contribution < 1.29 is 17.9 Å². The molecule has 0 aliphatic carbocycles. The molecule has 0 saturated carbocycles. The van der Waals surface area contributed by atoms with Crippen LogP contribution in [0.15, 0.2) is 30.5 Å². The average Bonchev–Trinajstić information content (AvgIpc) is 2.85. The Morgan fingerprint density at radius 2 is 2.00 bits per heavy atom. The van der Waals surface area contributed by atoms with Gasteiger partial charge in [-0.2, -0.15) is 13.2 Å². The molecule has 0 saturated heterocycles. The van der Waals surface area contributed by atoms with Crippen LogP contribution in [0.5, 0.6) is 5.75 Å². The summed E-state index contributed by atoms with van der Waals surface area (Å²) < 4.78 is 43.0. The summed E-state index contributed by atoms with van der Waals surface area (Å²) in [6.07, 6.45) is -2.65. The quantitative estimate of drug-likeness (QED) is 0.795. The van der Waals surface area contributed by atoms with Crippen molar-refractivity contribution in [3.05, 3.63) is 41.9 Å². The maximum absolute atomic E-state index is 12.6. The lowest BCUT2D eigenvalue weighted by Crippen LogP contribution is -2.10. The van der Waals surface area contributed by atoms with Gasteiger partial charge in [0.2, 0.25) is 5.82 Å². The predicted molar refractivity (Wildman–Crippen MR) is 61.7 cm³/mol. The Labute approximate surface area is 107 Å². The van der Waals surface area contributed by atoms with E-state index in [0.717, 1.165) is 23.9 Å². The highest BCUT2D eigenvalue weighted by Gasteiger charge is 2.34. The van der Waals surface area contributed by atoms with Crippen molar-refractivity contribution in [2.45, 2.75) is 12.6 Å². The lowest BCUT2D eigenvalue weighted by atomic mass is 10.1. The van der Waals surface area contributed by atoms with Crippen LogP contribution in [0, 0.1) is 0 Å². The molecular weight excluding hydrogens is 257 g/mol. The molecule has 0 bridgehead atoms. The van der Waals surface area contributed by atoms with E-state index in [4.69, 9.17) is 4.74 Å². The van der Waals surface area contributed by atoms with E-state index in [9.17, 15) is 13.2 Å². The van der Waals surface area contributed by atoms with Crippen LogP contribution in [0.4, 0.5) is 13.2 Å². The molecule has 0 fully saturated rings. The summed E-state index contributed by atoms with van der Waals surface area (Å²) >= 11 is 0. The molecule has 3 rings (SSSR count). The second kappa shape index (κ2) is 4.22. The molecule has 2 heterocycles. The van der Waals surface area contributed by atoms with E-state index in [1.165, 1.54) is 6.07 Å². The fourth-order valence-electron chi connectivity index (χ4n) is 2.00. The zero-order valence-corrected chi connectivity index (χ0v) is 9.74. The van der Waals surface area contributed by atoms with Crippen molar-refractivity contribution >= 4 is 0 Å². The molecule has 1 aromatic carbocycles. The molecule has 0 atom stereocenters. The van der Waals surface area contributed by atoms with Gasteiger partial charge in [0.1, 0.15) is 5.75 Å². The largest absolute Gasteiger partial charge is 0.493 e. The number of halogens is 3. The van der Waals surface area contributed by atoms with E-state index in [0.29, 0.717) is 12.2 Å². The highest BCUT2D eigenvalue weighted by Crippen LogP contribution is 2.31. The first-order valence-corrected chi connectivity index (χ1v) is 5.70. The Hall–Kier alpha value is -2.11. The van der Waals surface area contributed by atoms with Crippen LogP contribution in [-0.4, -0.2) is 16.6 Å². The van der Waals surface area contributed by atoms with Crippen molar-refractivity contribution in [1.29, 1.82) is 0 Å². The molecule has 0 unspecified atom stereocenters. The zero-order chi connectivity index (χ0) is 13.5. The molecule has 6 heteroatoms. The molecule has 19 heavy (non-hydrogen) atoms. The summed E-state index contributed by atoms with van der Waals surface area (Å²) in [5.74, 6) is -0.337. The summed E-state index contributed by atoms with van der Waals surface area (Å²) in [6.45, 7) is 0.608. The van der Waals surface area contributed by atoms with Crippen molar-refractivity contribution in [2.24, 2.45) is 0 Å². The molecule has 0 amide bonds. The van der Waals surface area contributed by atoms with Gasteiger partial charge in [-0.25, -0.2) is 9.97 Å². The van der Waals surface area contributed by atoms with Gasteiger partial charge in [-0.05, 0) is 29.8 Å². The maximum Gasteiger partial charge on any atom is 0.451 e. The van der Waals surface area contributed by atoms with Crippen LogP contribution < -0.4 is 4.74 Å². The summed E-state index contributed by atoms with van der Waals surface area (Å²) in [6, 6.07) is 6.73. The fraction of sp³-hybridized carbons (Fsp3) is 0.231. The van der Waals surface area contributed by atoms with Crippen LogP contribution in [0.25, 0.3) is 11.3 Å². The smallest absolute Gasteiger partial charge is 0.451 e. The minimum atomic E-state index is -4.53. The van der Waals surface area contributed by atoms with E-state index in [2.05, 4.69) is 9.97 Å². The normalized spacial score (nSPS) is 14.1. The summed E-state index contributed by atoms with van der Waals surface area (Å²) in [5.41, 5.74) is 1.89. The van der Waals surface area contributed by atoms with Crippen LogP contribution in [-0.2, 0) is 12.6 Å². The molecule has 0 spiro atoms. The lowest BCUT2D eigenvalue weighted by molar-refractivity contribution is -0.144. The van der Waals surface area contributed by atoms with E-state index in [-0.39, 0.29) is 5.69 Å². The third kappa shape index (κ3) is 2.25. The third-order valence-corrected chi connectivity index (χ3v) is 2.89. The van der Waals surface area contributed by atoms with E-state index >= 15 is 0 Å². The molecule has 1 aliphatic rings. The highest BCUT2D eigenvalue weighted by molar-refractivity contribution is 5.62. The van der Waals surface area contributed by atoms with Crippen LogP contribution in [0.3, 0.4) is 0 Å². The molecule has 98 valence electrons. The first kappa shape index (κ1) is 12.0. The summed E-state index contributed by atoms with van der Waals surface area (Å²) in [5, 5.41) is 0. The first-order valence-electron chi connectivity index (χ1n) is 5.70. The number of benzene rings is 1. The molecular formula is C13H9F3N2O. The monoisotopic (exact) mass is 266 g/mol. The number of fused-ring (bicyclic) bond motifs is 1. The van der Waals surface area contributed by atoms with Gasteiger partial charge in [-0.1, -0.05) is 0 Å². The number of ether oxygens (including phenoxy) is 1. The SMILES string of the molecule is FC(F)(F)c1nccc(-c2ccc3c(c2)CCO3)n1. The second-order valence-electron chi connectivity index (χ2n) is 4.18. The molecule has 3 nitrogen and oxygen atoms in total. The van der Waals surface area contributed by atoms with E-state index in [1.54, 1.807) is 12.1 Å². The standard InChI is InChI=1S/C13H9F3N2O/c14-13(15,16)12-17-5-3-10(18-12)8-1-2-11-9(7-8)4-6-19-11/h1-3,5,7H,4,6H2. The zero-order valence-electron chi connectivity index (χ0n) is 9.74. The Kier molecular flexibility index (Phi) is 2.66. The number of hydrogen-bond donors (Lipinski definition) is 0. The first-order chi connectivity index (χ1) is 9.04. The number of aromatic nitrogens is 2. The average molecular weight is 266 g/mol. The predicted octanol–water partition coefficient (Wildman–Crippen LogP) is 3.10. The van der Waals surface area contributed by atoms with Gasteiger partial charge >= 0.3 is 6.18 Å². The Morgan fingerprint density at radius 1 is 1.16 bits per heavy atom. The molecule has 1 aromatic heterocycles. The van der Waals surface area contributed by atoms with Gasteiger partial charge in [0.25, 0.3) is 0 Å². The number of rotatable bonds is 1. The number of hydrogen-bond acceptors (Lipinski definition) is 3. The topological polar surface area (TPSA) is 35.0 Å². The van der Waals surface area contributed by atoms with E-state index < -0.39 is 12.0 Å². The van der Waals surface area contributed by atoms with E-state index in [1.807, 2.05) is 6.07 Å². The van der Waals surface area contributed by atoms with Gasteiger partial charge in [0.15, 0.2) is 0 Å². The fourth-order valence-corrected chi connectivity index (χ4v) is 2.00. The molecule has 1 aliphatic heterocycles. The second-order valence-corrected chi connectivity index (χ2v) is 4.18. The van der Waals surface area contributed by atoms with Crippen LogP contribution in [0.2, 0.25) is 0 Å². The Bertz CT molecular complexity index is 626. The Balaban J connectivity index is 2.03. The van der Waals surface area contributed by atoms with Crippen molar-refractivity contribution in [2.75, 3.05) is 6.61 Å². The van der Waals surface area contributed by atoms with Crippen LogP contribution in [0.1, 0.15) is 11.4 Å². The Morgan fingerprint density at radius 3 is 2.79 bits per heavy atom. The highest BCUT2D eigenvalue weighted by atomic mass is 19.4. The molecule has 0 radical (unpaired) electrons. The van der Waals surface area contributed by atoms with Gasteiger partial charge in [-0.15, -0.1) is 0 Å². The summed E-state index contributed by atoms with van der Waals surface area (Å²) in [7, 11) is 0. The third-order valence-electron chi connectivity index (χ3n) is 2.89. The minimum absolute atomic E-state index is 0.261. The van der Waals surface area contributed by atoms with Crippen molar-refractivity contribution in [3.8, 4) is 17.0 Å². The van der Waals surface area contributed by atoms with Crippen molar-refractivity contribution in [1.82, 2.24) is 9.97 Å².